The number of hydrogen-bond acceptors (Lipinski definition) is 2. The number of aromatic nitrogens is 2. The molecule has 0 aliphatic heterocycles. The molecular weight excluding hydrogens is 244 g/mol. The van der Waals surface area contributed by atoms with Crippen LogP contribution < -0.4 is 0 Å². The Morgan fingerprint density at radius 3 is 2.93 bits per heavy atom. The Hall–Kier alpha value is -0.870. The van der Waals surface area contributed by atoms with Crippen molar-refractivity contribution in [3.8, 4) is 0 Å². The van der Waals surface area contributed by atoms with Gasteiger partial charge in [-0.25, -0.2) is 4.98 Å². The Bertz CT molecular complexity index is 476. The lowest BCUT2D eigenvalue weighted by Gasteiger charge is -2.05. The second-order valence-electron chi connectivity index (χ2n) is 3.31. The number of imidazole rings is 1. The predicted molar refractivity (Wildman–Crippen MR) is 58.3 cm³/mol. The minimum absolute atomic E-state index is 0.501. The molecule has 0 bridgehead atoms. The van der Waals surface area contributed by atoms with E-state index < -0.39 is 6.10 Å². The van der Waals surface area contributed by atoms with Gasteiger partial charge in [-0.2, -0.15) is 0 Å². The molecule has 0 fully saturated rings. The molecule has 0 spiro atoms. The van der Waals surface area contributed by atoms with Crippen molar-refractivity contribution in [3.05, 3.63) is 34.2 Å². The summed E-state index contributed by atoms with van der Waals surface area (Å²) in [4.78, 5) is 4.39. The average molecular weight is 255 g/mol. The summed E-state index contributed by atoms with van der Waals surface area (Å²) >= 11 is 3.43. The van der Waals surface area contributed by atoms with Gasteiger partial charge in [0.05, 0.1) is 22.0 Å². The van der Waals surface area contributed by atoms with Crippen LogP contribution in [0.3, 0.4) is 0 Å². The number of rotatable bonds is 1. The fraction of sp³-hybridized carbons (Fsp3) is 0.300. The van der Waals surface area contributed by atoms with Crippen molar-refractivity contribution >= 4 is 21.6 Å². The second kappa shape index (κ2) is 3.37. The van der Waals surface area contributed by atoms with Crippen molar-refractivity contribution in [1.29, 1.82) is 0 Å². The summed E-state index contributed by atoms with van der Waals surface area (Å²) in [6, 6.07) is 3.86. The highest BCUT2D eigenvalue weighted by Gasteiger charge is 2.13. The number of halogens is 1. The van der Waals surface area contributed by atoms with Crippen LogP contribution in [0.4, 0.5) is 0 Å². The van der Waals surface area contributed by atoms with E-state index >= 15 is 0 Å². The molecule has 1 atom stereocenters. The van der Waals surface area contributed by atoms with E-state index in [-0.39, 0.29) is 0 Å². The van der Waals surface area contributed by atoms with Gasteiger partial charge in [-0.1, -0.05) is 0 Å². The van der Waals surface area contributed by atoms with Gasteiger partial charge < -0.3 is 9.51 Å². The minimum atomic E-state index is -0.501. The Morgan fingerprint density at radius 2 is 2.29 bits per heavy atom. The van der Waals surface area contributed by atoms with Crippen molar-refractivity contribution in [1.82, 2.24) is 9.38 Å². The molecule has 2 aromatic rings. The molecule has 0 aromatic carbocycles. The normalized spacial score (nSPS) is 13.4. The Kier molecular flexibility index (Phi) is 2.33. The third kappa shape index (κ3) is 1.35. The highest BCUT2D eigenvalue weighted by Crippen LogP contribution is 2.23. The third-order valence-electron chi connectivity index (χ3n) is 2.22. The zero-order chi connectivity index (χ0) is 10.3. The summed E-state index contributed by atoms with van der Waals surface area (Å²) in [6.07, 6.45) is 1.40. The molecule has 14 heavy (non-hydrogen) atoms. The lowest BCUT2D eigenvalue weighted by molar-refractivity contribution is 0.192. The average Bonchev–Trinajstić information content (AvgIpc) is 2.42. The molecular formula is C10H11BrN2O. The monoisotopic (exact) mass is 254 g/mol. The number of fused-ring (bicyclic) bond motifs is 1. The van der Waals surface area contributed by atoms with Crippen LogP contribution in [0, 0.1) is 6.92 Å². The van der Waals surface area contributed by atoms with Gasteiger partial charge in [0.25, 0.3) is 0 Å². The molecule has 74 valence electrons. The zero-order valence-corrected chi connectivity index (χ0v) is 9.62. The third-order valence-corrected chi connectivity index (χ3v) is 2.84. The summed E-state index contributed by atoms with van der Waals surface area (Å²) in [5.41, 5.74) is 2.56. The molecule has 2 heterocycles. The maximum absolute atomic E-state index is 9.61. The molecule has 2 aromatic heterocycles. The van der Waals surface area contributed by atoms with E-state index in [0.717, 1.165) is 21.5 Å². The van der Waals surface area contributed by atoms with E-state index in [4.69, 9.17) is 0 Å². The van der Waals surface area contributed by atoms with Gasteiger partial charge in [-0.15, -0.1) is 0 Å². The quantitative estimate of drug-likeness (QED) is 0.849. The van der Waals surface area contributed by atoms with E-state index in [1.807, 2.05) is 29.7 Å². The first-order valence-electron chi connectivity index (χ1n) is 4.42. The molecule has 2 rings (SSSR count). The molecule has 0 saturated heterocycles. The van der Waals surface area contributed by atoms with E-state index in [1.165, 1.54) is 0 Å². The van der Waals surface area contributed by atoms with Crippen LogP contribution >= 0.6 is 15.9 Å². The van der Waals surface area contributed by atoms with Gasteiger partial charge in [0, 0.05) is 6.20 Å². The van der Waals surface area contributed by atoms with Crippen LogP contribution in [0.15, 0.2) is 22.8 Å². The molecule has 0 amide bonds. The van der Waals surface area contributed by atoms with Crippen LogP contribution in [0.25, 0.3) is 5.65 Å². The molecule has 0 saturated carbocycles. The van der Waals surface area contributed by atoms with Gasteiger partial charge in [0.15, 0.2) is 5.65 Å². The first-order valence-corrected chi connectivity index (χ1v) is 5.21. The fourth-order valence-electron chi connectivity index (χ4n) is 1.67. The summed E-state index contributed by atoms with van der Waals surface area (Å²) in [6.45, 7) is 3.65. The van der Waals surface area contributed by atoms with Gasteiger partial charge >= 0.3 is 0 Å². The van der Waals surface area contributed by atoms with Gasteiger partial charge in [-0.05, 0) is 41.9 Å². The number of nitrogens with zero attached hydrogens (tertiary/aromatic N) is 2. The largest absolute Gasteiger partial charge is 0.387 e. The Morgan fingerprint density at radius 1 is 1.57 bits per heavy atom. The van der Waals surface area contributed by atoms with Crippen molar-refractivity contribution in [2.45, 2.75) is 20.0 Å². The van der Waals surface area contributed by atoms with Crippen LogP contribution in [-0.2, 0) is 0 Å². The van der Waals surface area contributed by atoms with Crippen molar-refractivity contribution < 1.29 is 5.11 Å². The maximum Gasteiger partial charge on any atom is 0.151 e. The Balaban J connectivity index is 2.83. The zero-order valence-electron chi connectivity index (χ0n) is 8.03. The van der Waals surface area contributed by atoms with E-state index in [2.05, 4.69) is 20.9 Å². The fourth-order valence-corrected chi connectivity index (χ4v) is 2.10. The number of aliphatic hydroxyl groups is 1. The number of hydrogen-bond donors (Lipinski definition) is 1. The van der Waals surface area contributed by atoms with Crippen LogP contribution in [0.5, 0.6) is 0 Å². The van der Waals surface area contributed by atoms with Crippen molar-refractivity contribution in [2.24, 2.45) is 0 Å². The van der Waals surface area contributed by atoms with Crippen LogP contribution in [0.1, 0.15) is 24.4 Å². The van der Waals surface area contributed by atoms with Crippen molar-refractivity contribution in [2.75, 3.05) is 0 Å². The highest BCUT2D eigenvalue weighted by atomic mass is 79.9. The van der Waals surface area contributed by atoms with E-state index in [0.29, 0.717) is 0 Å². The smallest absolute Gasteiger partial charge is 0.151 e. The SMILES string of the molecule is Cc1nc2c(Br)cccn2c1C(C)O. The van der Waals surface area contributed by atoms with Gasteiger partial charge in [0.2, 0.25) is 0 Å². The molecule has 0 radical (unpaired) electrons. The first kappa shape index (κ1) is 9.68. The van der Waals surface area contributed by atoms with Gasteiger partial charge in [-0.3, -0.25) is 0 Å². The summed E-state index contributed by atoms with van der Waals surface area (Å²) in [5, 5.41) is 9.61. The molecule has 4 heteroatoms. The number of aliphatic hydroxyl groups excluding tert-OH is 1. The first-order chi connectivity index (χ1) is 6.61. The van der Waals surface area contributed by atoms with Crippen molar-refractivity contribution in [3.63, 3.8) is 0 Å². The van der Waals surface area contributed by atoms with E-state index in [9.17, 15) is 5.11 Å². The second-order valence-corrected chi connectivity index (χ2v) is 4.16. The number of aryl methyl sites for hydroxylation is 1. The standard InChI is InChI=1S/C10H11BrN2O/c1-6-9(7(2)14)13-5-3-4-8(11)10(13)12-6/h3-5,7,14H,1-2H3. The van der Waals surface area contributed by atoms with Crippen LogP contribution in [0.2, 0.25) is 0 Å². The minimum Gasteiger partial charge on any atom is -0.387 e. The molecule has 1 N–H and O–H groups in total. The molecule has 1 unspecified atom stereocenters. The molecule has 0 aliphatic carbocycles. The number of pyridine rings is 1. The van der Waals surface area contributed by atoms with Gasteiger partial charge in [0.1, 0.15) is 0 Å². The summed E-state index contributed by atoms with van der Waals surface area (Å²) in [5.74, 6) is 0. The molecule has 3 nitrogen and oxygen atoms in total. The Labute approximate surface area is 90.5 Å². The summed E-state index contributed by atoms with van der Waals surface area (Å²) in [7, 11) is 0. The topological polar surface area (TPSA) is 37.5 Å². The lowest BCUT2D eigenvalue weighted by Crippen LogP contribution is -1.98. The maximum atomic E-state index is 9.61. The predicted octanol–water partition coefficient (Wildman–Crippen LogP) is 2.46. The summed E-state index contributed by atoms with van der Waals surface area (Å²) < 4.78 is 2.85. The van der Waals surface area contributed by atoms with Crippen LogP contribution in [-0.4, -0.2) is 14.5 Å². The van der Waals surface area contributed by atoms with E-state index in [1.54, 1.807) is 6.92 Å². The molecule has 0 aliphatic rings. The lowest BCUT2D eigenvalue weighted by atomic mass is 10.2. The highest BCUT2D eigenvalue weighted by molar-refractivity contribution is 9.10.